The van der Waals surface area contributed by atoms with Gasteiger partial charge in [0, 0.05) is 5.02 Å². The fourth-order valence-electron chi connectivity index (χ4n) is 1.94. The summed E-state index contributed by atoms with van der Waals surface area (Å²) in [7, 11) is 0. The zero-order valence-corrected chi connectivity index (χ0v) is 11.0. The maximum Gasteiger partial charge on any atom is 0.182 e. The topological polar surface area (TPSA) is 66.5 Å². The molecule has 1 aromatic carbocycles. The Labute approximate surface area is 115 Å². The summed E-state index contributed by atoms with van der Waals surface area (Å²) in [6.07, 6.45) is 3.10. The fraction of sp³-hybridized carbons (Fsp3) is 0.154. The first-order valence-electron chi connectivity index (χ1n) is 5.90. The minimum atomic E-state index is 0.0834. The molecule has 3 rings (SSSR count). The number of hydrogen-bond acceptors (Lipinski definition) is 4. The highest BCUT2D eigenvalue weighted by molar-refractivity contribution is 6.30. The van der Waals surface area contributed by atoms with Gasteiger partial charge in [-0.1, -0.05) is 23.7 Å². The first-order valence-corrected chi connectivity index (χ1v) is 6.28. The molecule has 5 nitrogen and oxygen atoms in total. The summed E-state index contributed by atoms with van der Waals surface area (Å²) in [5.41, 5.74) is 2.55. The average molecular weight is 274 g/mol. The summed E-state index contributed by atoms with van der Waals surface area (Å²) >= 11 is 6.00. The van der Waals surface area contributed by atoms with Gasteiger partial charge in [0.05, 0.1) is 12.4 Å². The Balaban J connectivity index is 1.90. The smallest absolute Gasteiger partial charge is 0.182 e. The van der Waals surface area contributed by atoms with Crippen LogP contribution >= 0.6 is 11.6 Å². The Morgan fingerprint density at radius 1 is 1.26 bits per heavy atom. The molecule has 0 aliphatic rings. The van der Waals surface area contributed by atoms with Crippen LogP contribution in [0.3, 0.4) is 0 Å². The van der Waals surface area contributed by atoms with Crippen LogP contribution in [0.1, 0.15) is 18.5 Å². The molecule has 0 saturated heterocycles. The molecule has 0 bridgehead atoms. The van der Waals surface area contributed by atoms with Crippen molar-refractivity contribution in [3.05, 3.63) is 47.5 Å². The number of hydrogen-bond donors (Lipinski definition) is 2. The minimum absolute atomic E-state index is 0.0834. The summed E-state index contributed by atoms with van der Waals surface area (Å²) in [4.78, 5) is 15.5. The van der Waals surface area contributed by atoms with Crippen molar-refractivity contribution < 1.29 is 0 Å². The van der Waals surface area contributed by atoms with Gasteiger partial charge in [0.15, 0.2) is 11.5 Å². The third-order valence-electron chi connectivity index (χ3n) is 2.92. The van der Waals surface area contributed by atoms with E-state index in [0.29, 0.717) is 5.65 Å². The van der Waals surface area contributed by atoms with E-state index in [1.807, 2.05) is 24.3 Å². The summed E-state index contributed by atoms with van der Waals surface area (Å²) in [5.74, 6) is 0.731. The Morgan fingerprint density at radius 3 is 3.00 bits per heavy atom. The maximum absolute atomic E-state index is 6.00. The molecule has 0 saturated carbocycles. The van der Waals surface area contributed by atoms with Crippen LogP contribution in [-0.4, -0.2) is 19.9 Å². The Bertz CT molecular complexity index is 709. The third kappa shape index (κ3) is 2.37. The van der Waals surface area contributed by atoms with Crippen molar-refractivity contribution >= 4 is 28.6 Å². The molecule has 3 aromatic rings. The molecule has 2 aromatic heterocycles. The van der Waals surface area contributed by atoms with Gasteiger partial charge >= 0.3 is 0 Å². The maximum atomic E-state index is 6.00. The van der Waals surface area contributed by atoms with Crippen LogP contribution in [0.2, 0.25) is 5.02 Å². The van der Waals surface area contributed by atoms with Crippen LogP contribution in [0.15, 0.2) is 36.9 Å². The number of benzene rings is 1. The van der Waals surface area contributed by atoms with Crippen molar-refractivity contribution in [2.75, 3.05) is 5.32 Å². The van der Waals surface area contributed by atoms with Crippen LogP contribution in [0.4, 0.5) is 5.82 Å². The molecule has 1 atom stereocenters. The van der Waals surface area contributed by atoms with Crippen molar-refractivity contribution in [3.63, 3.8) is 0 Å². The van der Waals surface area contributed by atoms with Gasteiger partial charge < -0.3 is 10.3 Å². The van der Waals surface area contributed by atoms with Gasteiger partial charge in [-0.3, -0.25) is 0 Å². The first kappa shape index (κ1) is 11.9. The third-order valence-corrected chi connectivity index (χ3v) is 3.16. The van der Waals surface area contributed by atoms with E-state index in [0.717, 1.165) is 21.9 Å². The van der Waals surface area contributed by atoms with Crippen molar-refractivity contribution in [1.29, 1.82) is 0 Å². The van der Waals surface area contributed by atoms with E-state index in [1.165, 1.54) is 6.33 Å². The van der Waals surface area contributed by atoms with Crippen LogP contribution in [-0.2, 0) is 0 Å². The molecular formula is C13H12ClN5. The molecule has 0 aliphatic carbocycles. The number of fused-ring (bicyclic) bond motifs is 1. The summed E-state index contributed by atoms with van der Waals surface area (Å²) < 4.78 is 0. The van der Waals surface area contributed by atoms with Crippen molar-refractivity contribution in [2.24, 2.45) is 0 Å². The second-order valence-corrected chi connectivity index (χ2v) is 4.68. The lowest BCUT2D eigenvalue weighted by molar-refractivity contribution is 0.875. The second kappa shape index (κ2) is 4.85. The first-order chi connectivity index (χ1) is 9.24. The lowest BCUT2D eigenvalue weighted by Gasteiger charge is -2.15. The molecule has 0 amide bonds. The zero-order chi connectivity index (χ0) is 13.2. The SMILES string of the molecule is CC(Nc1ncnc2nc[nH]c12)c1cccc(Cl)c1. The van der Waals surface area contributed by atoms with Crippen molar-refractivity contribution in [3.8, 4) is 0 Å². The van der Waals surface area contributed by atoms with Crippen LogP contribution in [0.5, 0.6) is 0 Å². The number of rotatable bonds is 3. The van der Waals surface area contributed by atoms with Gasteiger partial charge in [-0.15, -0.1) is 0 Å². The number of nitrogens with one attached hydrogen (secondary N) is 2. The van der Waals surface area contributed by atoms with Gasteiger partial charge in [-0.2, -0.15) is 0 Å². The largest absolute Gasteiger partial charge is 0.362 e. The monoisotopic (exact) mass is 273 g/mol. The molecule has 96 valence electrons. The van der Waals surface area contributed by atoms with Crippen LogP contribution < -0.4 is 5.32 Å². The molecule has 2 heterocycles. The van der Waals surface area contributed by atoms with Crippen LogP contribution in [0, 0.1) is 0 Å². The number of H-pyrrole nitrogens is 1. The molecule has 19 heavy (non-hydrogen) atoms. The predicted molar refractivity (Wildman–Crippen MR) is 75.2 cm³/mol. The Hall–Kier alpha value is -2.14. The molecular weight excluding hydrogens is 262 g/mol. The van der Waals surface area contributed by atoms with Gasteiger partial charge in [0.2, 0.25) is 0 Å². The Kier molecular flexibility index (Phi) is 3.05. The van der Waals surface area contributed by atoms with Gasteiger partial charge in [-0.05, 0) is 24.6 Å². The minimum Gasteiger partial charge on any atom is -0.362 e. The van der Waals surface area contributed by atoms with E-state index >= 15 is 0 Å². The highest BCUT2D eigenvalue weighted by Gasteiger charge is 2.10. The van der Waals surface area contributed by atoms with Gasteiger partial charge in [0.25, 0.3) is 0 Å². The van der Waals surface area contributed by atoms with E-state index in [-0.39, 0.29) is 6.04 Å². The number of aromatic amines is 1. The van der Waals surface area contributed by atoms with Gasteiger partial charge in [-0.25, -0.2) is 15.0 Å². The Morgan fingerprint density at radius 2 is 2.16 bits per heavy atom. The van der Waals surface area contributed by atoms with E-state index < -0.39 is 0 Å². The predicted octanol–water partition coefficient (Wildman–Crippen LogP) is 3.18. The lowest BCUT2D eigenvalue weighted by Crippen LogP contribution is -2.08. The van der Waals surface area contributed by atoms with E-state index in [1.54, 1.807) is 6.33 Å². The molecule has 0 fully saturated rings. The molecule has 2 N–H and O–H groups in total. The second-order valence-electron chi connectivity index (χ2n) is 4.24. The van der Waals surface area contributed by atoms with Gasteiger partial charge in [0.1, 0.15) is 11.8 Å². The van der Waals surface area contributed by atoms with E-state index in [4.69, 9.17) is 11.6 Å². The highest BCUT2D eigenvalue weighted by atomic mass is 35.5. The standard InChI is InChI=1S/C13H12ClN5/c1-8(9-3-2-4-10(14)5-9)19-13-11-12(16-6-15-11)17-7-18-13/h2-8H,1H3,(H2,15,16,17,18,19). The quantitative estimate of drug-likeness (QED) is 0.769. The molecule has 0 spiro atoms. The number of anilines is 1. The van der Waals surface area contributed by atoms with E-state index in [2.05, 4.69) is 32.2 Å². The number of aromatic nitrogens is 4. The van der Waals surface area contributed by atoms with Crippen LogP contribution in [0.25, 0.3) is 11.2 Å². The highest BCUT2D eigenvalue weighted by Crippen LogP contribution is 2.23. The van der Waals surface area contributed by atoms with Crippen molar-refractivity contribution in [1.82, 2.24) is 19.9 Å². The number of imidazole rings is 1. The van der Waals surface area contributed by atoms with E-state index in [9.17, 15) is 0 Å². The molecule has 6 heteroatoms. The molecule has 0 aliphatic heterocycles. The molecule has 0 radical (unpaired) electrons. The summed E-state index contributed by atoms with van der Waals surface area (Å²) in [6, 6.07) is 7.83. The fourth-order valence-corrected chi connectivity index (χ4v) is 2.14. The molecule has 1 unspecified atom stereocenters. The summed E-state index contributed by atoms with van der Waals surface area (Å²) in [6.45, 7) is 2.05. The average Bonchev–Trinajstić information content (AvgIpc) is 2.88. The lowest BCUT2D eigenvalue weighted by atomic mass is 10.1. The normalized spacial score (nSPS) is 12.5. The van der Waals surface area contributed by atoms with Crippen molar-refractivity contribution in [2.45, 2.75) is 13.0 Å². The summed E-state index contributed by atoms with van der Waals surface area (Å²) in [5, 5.41) is 4.06. The number of nitrogens with zero attached hydrogens (tertiary/aromatic N) is 3. The number of halogens is 1. The zero-order valence-electron chi connectivity index (χ0n) is 10.3.